The van der Waals surface area contributed by atoms with Crippen molar-refractivity contribution in [3.63, 3.8) is 0 Å². The molecule has 94 valence electrons. The average molecular weight is 263 g/mol. The molecule has 0 aliphatic rings. The molecule has 2 N–H and O–H groups in total. The van der Waals surface area contributed by atoms with Crippen LogP contribution >= 0.6 is 11.6 Å². The van der Waals surface area contributed by atoms with Gasteiger partial charge in [-0.2, -0.15) is 0 Å². The molecule has 4 heteroatoms. The third kappa shape index (κ3) is 3.00. The van der Waals surface area contributed by atoms with E-state index in [1.807, 2.05) is 31.2 Å². The summed E-state index contributed by atoms with van der Waals surface area (Å²) in [6, 6.07) is 11.3. The summed E-state index contributed by atoms with van der Waals surface area (Å²) in [5, 5.41) is 13.1. The van der Waals surface area contributed by atoms with Crippen LogP contribution in [0.1, 0.15) is 24.2 Å². The molecule has 0 fully saturated rings. The molecular formula is C14H15ClN2O. The number of benzene rings is 1. The number of rotatable bonds is 4. The zero-order valence-corrected chi connectivity index (χ0v) is 10.9. The number of aliphatic hydroxyl groups is 1. The highest BCUT2D eigenvalue weighted by Gasteiger charge is 2.08. The molecule has 1 aromatic heterocycles. The van der Waals surface area contributed by atoms with Crippen molar-refractivity contribution in [3.8, 4) is 0 Å². The Bertz CT molecular complexity index is 516. The highest BCUT2D eigenvalue weighted by atomic mass is 35.5. The zero-order valence-electron chi connectivity index (χ0n) is 10.1. The largest absolute Gasteiger partial charge is 0.392 e. The topological polar surface area (TPSA) is 45.1 Å². The molecule has 0 aliphatic heterocycles. The van der Waals surface area contributed by atoms with E-state index in [0.717, 1.165) is 16.9 Å². The minimum atomic E-state index is 0.00379. The third-order valence-corrected chi connectivity index (χ3v) is 3.05. The second-order valence-electron chi connectivity index (χ2n) is 4.09. The number of anilines is 1. The van der Waals surface area contributed by atoms with Gasteiger partial charge in [-0.25, -0.2) is 0 Å². The van der Waals surface area contributed by atoms with E-state index >= 15 is 0 Å². The summed E-state index contributed by atoms with van der Waals surface area (Å²) in [6.45, 7) is 2.02. The molecule has 0 saturated heterocycles. The predicted octanol–water partition coefficient (Wildman–Crippen LogP) is 3.40. The molecule has 2 rings (SSSR count). The van der Waals surface area contributed by atoms with Crippen molar-refractivity contribution in [3.05, 3.63) is 58.9 Å². The summed E-state index contributed by atoms with van der Waals surface area (Å²) in [5.41, 5.74) is 2.58. The molecule has 0 spiro atoms. The van der Waals surface area contributed by atoms with E-state index < -0.39 is 0 Å². The Balaban J connectivity index is 2.18. The second kappa shape index (κ2) is 5.85. The van der Waals surface area contributed by atoms with Crippen LogP contribution in [0.5, 0.6) is 0 Å². The normalized spacial score (nSPS) is 12.2. The van der Waals surface area contributed by atoms with Gasteiger partial charge < -0.3 is 10.4 Å². The highest BCUT2D eigenvalue weighted by Crippen LogP contribution is 2.26. The Kier molecular flexibility index (Phi) is 4.18. The Morgan fingerprint density at radius 1 is 1.33 bits per heavy atom. The van der Waals surface area contributed by atoms with Crippen LogP contribution in [0, 0.1) is 0 Å². The fourth-order valence-corrected chi connectivity index (χ4v) is 1.89. The summed E-state index contributed by atoms with van der Waals surface area (Å²) in [6.07, 6.45) is 1.76. The first-order chi connectivity index (χ1) is 8.70. The van der Waals surface area contributed by atoms with Crippen molar-refractivity contribution < 1.29 is 5.11 Å². The minimum Gasteiger partial charge on any atom is -0.392 e. The second-order valence-corrected chi connectivity index (χ2v) is 4.50. The molecule has 1 aromatic carbocycles. The number of hydrogen-bond acceptors (Lipinski definition) is 3. The lowest BCUT2D eigenvalue weighted by atomic mass is 10.1. The summed E-state index contributed by atoms with van der Waals surface area (Å²) in [5.74, 6) is 0. The van der Waals surface area contributed by atoms with Gasteiger partial charge in [-0.1, -0.05) is 23.7 Å². The molecular weight excluding hydrogens is 248 g/mol. The van der Waals surface area contributed by atoms with Crippen molar-refractivity contribution in [2.24, 2.45) is 0 Å². The Hall–Kier alpha value is -1.58. The number of nitrogens with zero attached hydrogens (tertiary/aromatic N) is 1. The van der Waals surface area contributed by atoms with E-state index in [4.69, 9.17) is 16.7 Å². The molecule has 1 heterocycles. The van der Waals surface area contributed by atoms with Crippen LogP contribution in [0.2, 0.25) is 5.02 Å². The van der Waals surface area contributed by atoms with E-state index in [-0.39, 0.29) is 12.6 Å². The molecule has 0 saturated carbocycles. The van der Waals surface area contributed by atoms with Gasteiger partial charge in [0.1, 0.15) is 0 Å². The first-order valence-electron chi connectivity index (χ1n) is 5.77. The van der Waals surface area contributed by atoms with E-state index in [1.165, 1.54) is 0 Å². The number of aliphatic hydroxyl groups excluding tert-OH is 1. The smallest absolute Gasteiger partial charge is 0.0682 e. The van der Waals surface area contributed by atoms with Crippen LogP contribution in [-0.2, 0) is 6.61 Å². The molecule has 18 heavy (non-hydrogen) atoms. The van der Waals surface area contributed by atoms with Gasteiger partial charge in [-0.3, -0.25) is 4.98 Å². The molecule has 0 aliphatic carbocycles. The van der Waals surface area contributed by atoms with Crippen molar-refractivity contribution in [1.82, 2.24) is 4.98 Å². The van der Waals surface area contributed by atoms with Gasteiger partial charge in [0.15, 0.2) is 0 Å². The average Bonchev–Trinajstić information content (AvgIpc) is 2.42. The molecule has 3 nitrogen and oxygen atoms in total. The molecule has 0 bridgehead atoms. The number of nitrogens with one attached hydrogen (secondary N) is 1. The number of pyridine rings is 1. The van der Waals surface area contributed by atoms with Crippen LogP contribution in [0.4, 0.5) is 5.69 Å². The van der Waals surface area contributed by atoms with Crippen molar-refractivity contribution in [2.75, 3.05) is 5.32 Å². The lowest BCUT2D eigenvalue weighted by Crippen LogP contribution is -2.08. The summed E-state index contributed by atoms with van der Waals surface area (Å²) in [7, 11) is 0. The van der Waals surface area contributed by atoms with Gasteiger partial charge in [-0.05, 0) is 36.8 Å². The van der Waals surface area contributed by atoms with Gasteiger partial charge >= 0.3 is 0 Å². The zero-order chi connectivity index (χ0) is 13.0. The first-order valence-corrected chi connectivity index (χ1v) is 6.15. The first kappa shape index (κ1) is 12.9. The lowest BCUT2D eigenvalue weighted by molar-refractivity contribution is 0.282. The van der Waals surface area contributed by atoms with Crippen LogP contribution < -0.4 is 5.32 Å². The van der Waals surface area contributed by atoms with Crippen LogP contribution in [0.15, 0.2) is 42.6 Å². The van der Waals surface area contributed by atoms with Crippen LogP contribution in [0.3, 0.4) is 0 Å². The summed E-state index contributed by atoms with van der Waals surface area (Å²) < 4.78 is 0. The van der Waals surface area contributed by atoms with E-state index in [2.05, 4.69) is 10.3 Å². The molecule has 0 amide bonds. The molecule has 0 radical (unpaired) electrons. The van der Waals surface area contributed by atoms with Crippen LogP contribution in [0.25, 0.3) is 0 Å². The standard InChI is InChI=1S/C14H15ClN2O/c1-10(13-4-2-3-7-16-13)17-14-8-11(9-18)5-6-12(14)15/h2-8,10,17-18H,9H2,1H3. The predicted molar refractivity (Wildman–Crippen MR) is 73.6 cm³/mol. The quantitative estimate of drug-likeness (QED) is 0.888. The van der Waals surface area contributed by atoms with E-state index in [1.54, 1.807) is 18.3 Å². The highest BCUT2D eigenvalue weighted by molar-refractivity contribution is 6.33. The molecule has 1 atom stereocenters. The third-order valence-electron chi connectivity index (χ3n) is 2.72. The van der Waals surface area contributed by atoms with Gasteiger partial charge in [0.25, 0.3) is 0 Å². The SMILES string of the molecule is CC(Nc1cc(CO)ccc1Cl)c1ccccn1. The maximum Gasteiger partial charge on any atom is 0.0682 e. The Labute approximate surface area is 111 Å². The van der Waals surface area contributed by atoms with Crippen molar-refractivity contribution >= 4 is 17.3 Å². The van der Waals surface area contributed by atoms with Gasteiger partial charge in [-0.15, -0.1) is 0 Å². The molecule has 1 unspecified atom stereocenters. The van der Waals surface area contributed by atoms with Gasteiger partial charge in [0.2, 0.25) is 0 Å². The van der Waals surface area contributed by atoms with E-state index in [9.17, 15) is 0 Å². The Morgan fingerprint density at radius 2 is 2.17 bits per heavy atom. The van der Waals surface area contributed by atoms with Crippen molar-refractivity contribution in [1.29, 1.82) is 0 Å². The lowest BCUT2D eigenvalue weighted by Gasteiger charge is -2.16. The Morgan fingerprint density at radius 3 is 2.83 bits per heavy atom. The minimum absolute atomic E-state index is 0.00379. The maximum absolute atomic E-state index is 9.12. The number of hydrogen-bond donors (Lipinski definition) is 2. The monoisotopic (exact) mass is 262 g/mol. The van der Waals surface area contributed by atoms with Gasteiger partial charge in [0, 0.05) is 6.20 Å². The van der Waals surface area contributed by atoms with Crippen LogP contribution in [-0.4, -0.2) is 10.1 Å². The van der Waals surface area contributed by atoms with Gasteiger partial charge in [0.05, 0.1) is 29.1 Å². The summed E-state index contributed by atoms with van der Waals surface area (Å²) in [4.78, 5) is 4.29. The fraction of sp³-hybridized carbons (Fsp3) is 0.214. The van der Waals surface area contributed by atoms with Crippen molar-refractivity contribution in [2.45, 2.75) is 19.6 Å². The number of halogens is 1. The number of aromatic nitrogens is 1. The maximum atomic E-state index is 9.12. The van der Waals surface area contributed by atoms with E-state index in [0.29, 0.717) is 5.02 Å². The molecule has 2 aromatic rings. The fourth-order valence-electron chi connectivity index (χ4n) is 1.72. The summed E-state index contributed by atoms with van der Waals surface area (Å²) >= 11 is 6.12.